The van der Waals surface area contributed by atoms with E-state index in [2.05, 4.69) is 10.6 Å². The number of hydrogen-bond donors (Lipinski definition) is 2. The number of carbonyl (C=O) groups excluding carboxylic acids is 1. The molecule has 18 heavy (non-hydrogen) atoms. The summed E-state index contributed by atoms with van der Waals surface area (Å²) in [6.45, 7) is 1.23. The molecule has 1 heterocycles. The van der Waals surface area contributed by atoms with E-state index in [1.165, 1.54) is 12.1 Å². The molecular formula is C13H16F2N2O. The third-order valence-electron chi connectivity index (χ3n) is 3.09. The van der Waals surface area contributed by atoms with Crippen LogP contribution in [0.1, 0.15) is 18.4 Å². The molecule has 1 aliphatic rings. The molecule has 3 nitrogen and oxygen atoms in total. The second kappa shape index (κ2) is 5.91. The van der Waals surface area contributed by atoms with Gasteiger partial charge in [-0.1, -0.05) is 6.07 Å². The van der Waals surface area contributed by atoms with E-state index >= 15 is 0 Å². The minimum atomic E-state index is -0.588. The van der Waals surface area contributed by atoms with E-state index in [0.29, 0.717) is 18.5 Å². The highest BCUT2D eigenvalue weighted by atomic mass is 19.1. The molecule has 0 saturated carbocycles. The van der Waals surface area contributed by atoms with Crippen LogP contribution in [0.5, 0.6) is 0 Å². The van der Waals surface area contributed by atoms with Gasteiger partial charge in [0.2, 0.25) is 5.91 Å². The number of benzene rings is 1. The lowest BCUT2D eigenvalue weighted by atomic mass is 10.1. The molecule has 1 aromatic rings. The van der Waals surface area contributed by atoms with Crippen molar-refractivity contribution in [2.75, 3.05) is 13.1 Å². The molecule has 0 radical (unpaired) electrons. The maximum absolute atomic E-state index is 13.3. The standard InChI is InChI=1S/C13H16F2N2O/c14-10-4-3-9(11(15)8-10)5-7-17-13(18)12-2-1-6-16-12/h3-4,8,12,16H,1-2,5-7H2,(H,17,18). The third-order valence-corrected chi connectivity index (χ3v) is 3.09. The summed E-state index contributed by atoms with van der Waals surface area (Å²) in [4.78, 5) is 11.6. The summed E-state index contributed by atoms with van der Waals surface area (Å²) in [5.74, 6) is -1.20. The van der Waals surface area contributed by atoms with E-state index < -0.39 is 11.6 Å². The number of nitrogens with one attached hydrogen (secondary N) is 2. The normalized spacial score (nSPS) is 18.9. The summed E-state index contributed by atoms with van der Waals surface area (Å²) in [7, 11) is 0. The van der Waals surface area contributed by atoms with Crippen molar-refractivity contribution in [3.8, 4) is 0 Å². The molecule has 5 heteroatoms. The fourth-order valence-electron chi connectivity index (χ4n) is 2.08. The summed E-state index contributed by atoms with van der Waals surface area (Å²) < 4.78 is 26.0. The van der Waals surface area contributed by atoms with Crippen molar-refractivity contribution in [2.45, 2.75) is 25.3 Å². The maximum Gasteiger partial charge on any atom is 0.237 e. The van der Waals surface area contributed by atoms with Gasteiger partial charge in [-0.3, -0.25) is 4.79 Å². The zero-order valence-electron chi connectivity index (χ0n) is 10.0. The topological polar surface area (TPSA) is 41.1 Å². The van der Waals surface area contributed by atoms with Crippen LogP contribution in [0.2, 0.25) is 0 Å². The van der Waals surface area contributed by atoms with Gasteiger partial charge in [-0.05, 0) is 37.4 Å². The molecule has 1 aromatic carbocycles. The molecule has 0 aromatic heterocycles. The van der Waals surface area contributed by atoms with Crippen molar-refractivity contribution in [3.63, 3.8) is 0 Å². The van der Waals surface area contributed by atoms with Gasteiger partial charge >= 0.3 is 0 Å². The van der Waals surface area contributed by atoms with E-state index in [1.807, 2.05) is 0 Å². The molecule has 2 N–H and O–H groups in total. The Bertz CT molecular complexity index is 431. The van der Waals surface area contributed by atoms with Gasteiger partial charge in [-0.15, -0.1) is 0 Å². The number of halogens is 2. The van der Waals surface area contributed by atoms with Gasteiger partial charge in [0.25, 0.3) is 0 Å². The van der Waals surface area contributed by atoms with Crippen molar-refractivity contribution >= 4 is 5.91 Å². The van der Waals surface area contributed by atoms with Gasteiger partial charge in [0, 0.05) is 12.6 Å². The Labute approximate surface area is 105 Å². The summed E-state index contributed by atoms with van der Waals surface area (Å²) in [5.41, 5.74) is 0.413. The molecule has 1 fully saturated rings. The lowest BCUT2D eigenvalue weighted by molar-refractivity contribution is -0.122. The molecule has 1 unspecified atom stereocenters. The molecular weight excluding hydrogens is 238 g/mol. The van der Waals surface area contributed by atoms with Gasteiger partial charge in [-0.25, -0.2) is 8.78 Å². The minimum absolute atomic E-state index is 0.0463. The highest BCUT2D eigenvalue weighted by Crippen LogP contribution is 2.10. The summed E-state index contributed by atoms with van der Waals surface area (Å²) in [6, 6.07) is 3.36. The van der Waals surface area contributed by atoms with Crippen LogP contribution in [-0.2, 0) is 11.2 Å². The first kappa shape index (κ1) is 13.0. The van der Waals surface area contributed by atoms with E-state index in [1.54, 1.807) is 0 Å². The molecule has 0 spiro atoms. The molecule has 1 saturated heterocycles. The van der Waals surface area contributed by atoms with Crippen LogP contribution in [0.4, 0.5) is 8.78 Å². The third kappa shape index (κ3) is 3.26. The predicted octanol–water partition coefficient (Wildman–Crippen LogP) is 1.38. The predicted molar refractivity (Wildman–Crippen MR) is 64.1 cm³/mol. The fraction of sp³-hybridized carbons (Fsp3) is 0.462. The minimum Gasteiger partial charge on any atom is -0.354 e. The lowest BCUT2D eigenvalue weighted by Gasteiger charge is -2.11. The van der Waals surface area contributed by atoms with Crippen molar-refractivity contribution in [3.05, 3.63) is 35.4 Å². The van der Waals surface area contributed by atoms with Crippen LogP contribution in [0, 0.1) is 11.6 Å². The molecule has 98 valence electrons. The first-order chi connectivity index (χ1) is 8.66. The molecule has 1 aliphatic heterocycles. The second-order valence-electron chi connectivity index (χ2n) is 4.43. The summed E-state index contributed by atoms with van der Waals surface area (Å²) in [6.07, 6.45) is 2.21. The van der Waals surface area contributed by atoms with Crippen LogP contribution in [0.25, 0.3) is 0 Å². The SMILES string of the molecule is O=C(NCCc1ccc(F)cc1F)C1CCCN1. The first-order valence-corrected chi connectivity index (χ1v) is 6.12. The molecule has 2 rings (SSSR count). The Morgan fingerprint density at radius 1 is 1.44 bits per heavy atom. The first-order valence-electron chi connectivity index (χ1n) is 6.12. The van der Waals surface area contributed by atoms with Crippen molar-refractivity contribution < 1.29 is 13.6 Å². The molecule has 1 atom stereocenters. The Morgan fingerprint density at radius 3 is 2.94 bits per heavy atom. The van der Waals surface area contributed by atoms with E-state index in [9.17, 15) is 13.6 Å². The van der Waals surface area contributed by atoms with Crippen molar-refractivity contribution in [2.24, 2.45) is 0 Å². The monoisotopic (exact) mass is 254 g/mol. The zero-order valence-corrected chi connectivity index (χ0v) is 10.0. The number of amides is 1. The Kier molecular flexibility index (Phi) is 4.25. The Balaban J connectivity index is 1.79. The maximum atomic E-state index is 13.3. The smallest absolute Gasteiger partial charge is 0.237 e. The van der Waals surface area contributed by atoms with Crippen LogP contribution in [0.3, 0.4) is 0 Å². The van der Waals surface area contributed by atoms with Gasteiger partial charge in [0.1, 0.15) is 11.6 Å². The fourth-order valence-corrected chi connectivity index (χ4v) is 2.08. The van der Waals surface area contributed by atoms with Crippen LogP contribution >= 0.6 is 0 Å². The average molecular weight is 254 g/mol. The van der Waals surface area contributed by atoms with Gasteiger partial charge in [-0.2, -0.15) is 0 Å². The van der Waals surface area contributed by atoms with Crippen LogP contribution in [0.15, 0.2) is 18.2 Å². The van der Waals surface area contributed by atoms with E-state index in [0.717, 1.165) is 25.5 Å². The largest absolute Gasteiger partial charge is 0.354 e. The summed E-state index contributed by atoms with van der Waals surface area (Å²) >= 11 is 0. The van der Waals surface area contributed by atoms with Crippen molar-refractivity contribution in [1.29, 1.82) is 0 Å². The van der Waals surface area contributed by atoms with Crippen molar-refractivity contribution in [1.82, 2.24) is 10.6 Å². The molecule has 0 aliphatic carbocycles. The molecule has 1 amide bonds. The summed E-state index contributed by atoms with van der Waals surface area (Å²) in [5, 5.41) is 5.84. The quantitative estimate of drug-likeness (QED) is 0.852. The number of carbonyl (C=O) groups is 1. The van der Waals surface area contributed by atoms with Crippen LogP contribution < -0.4 is 10.6 Å². The number of hydrogen-bond acceptors (Lipinski definition) is 2. The van der Waals surface area contributed by atoms with E-state index in [4.69, 9.17) is 0 Å². The zero-order chi connectivity index (χ0) is 13.0. The van der Waals surface area contributed by atoms with Gasteiger partial charge < -0.3 is 10.6 Å². The lowest BCUT2D eigenvalue weighted by Crippen LogP contribution is -2.41. The average Bonchev–Trinajstić information content (AvgIpc) is 2.85. The second-order valence-corrected chi connectivity index (χ2v) is 4.43. The Morgan fingerprint density at radius 2 is 2.28 bits per heavy atom. The molecule has 0 bridgehead atoms. The van der Waals surface area contributed by atoms with Crippen LogP contribution in [-0.4, -0.2) is 25.0 Å². The number of rotatable bonds is 4. The van der Waals surface area contributed by atoms with E-state index in [-0.39, 0.29) is 11.9 Å². The highest BCUT2D eigenvalue weighted by Gasteiger charge is 2.21. The van der Waals surface area contributed by atoms with Gasteiger partial charge in [0.15, 0.2) is 0 Å². The van der Waals surface area contributed by atoms with Gasteiger partial charge in [0.05, 0.1) is 6.04 Å². The Hall–Kier alpha value is -1.49. The highest BCUT2D eigenvalue weighted by molar-refractivity contribution is 5.81.